The first-order chi connectivity index (χ1) is 19.8. The topological polar surface area (TPSA) is 12.9 Å². The molecule has 1 aromatic heterocycles. The summed E-state index contributed by atoms with van der Waals surface area (Å²) < 4.78 is 0. The number of rotatable bonds is 3. The van der Waals surface area contributed by atoms with Gasteiger partial charge in [-0.2, -0.15) is 0 Å². The van der Waals surface area contributed by atoms with Crippen molar-refractivity contribution >= 4 is 43.2 Å². The van der Waals surface area contributed by atoms with Crippen LogP contribution in [0, 0.1) is 0 Å². The van der Waals surface area contributed by atoms with Crippen molar-refractivity contribution < 1.29 is 0 Å². The summed E-state index contributed by atoms with van der Waals surface area (Å²) in [5.41, 5.74) is 7.98. The van der Waals surface area contributed by atoms with Crippen molar-refractivity contribution in [2.45, 2.75) is 0 Å². The molecule has 186 valence electrons. The minimum atomic E-state index is 0.986. The van der Waals surface area contributed by atoms with Gasteiger partial charge in [-0.05, 0) is 78.8 Å². The lowest BCUT2D eigenvalue weighted by Crippen LogP contribution is -1.92. The van der Waals surface area contributed by atoms with E-state index in [0.717, 1.165) is 16.8 Å². The summed E-state index contributed by atoms with van der Waals surface area (Å²) >= 11 is 0. The lowest BCUT2D eigenvalue weighted by atomic mass is 9.90. The van der Waals surface area contributed by atoms with E-state index in [1.54, 1.807) is 0 Å². The Morgan fingerprint density at radius 3 is 1.80 bits per heavy atom. The van der Waals surface area contributed by atoms with Crippen molar-refractivity contribution in [1.29, 1.82) is 0 Å². The first-order valence-electron chi connectivity index (χ1n) is 13.7. The molecule has 0 amide bonds. The van der Waals surface area contributed by atoms with Crippen LogP contribution in [-0.2, 0) is 0 Å². The summed E-state index contributed by atoms with van der Waals surface area (Å²) in [5.74, 6) is 0. The van der Waals surface area contributed by atoms with Crippen LogP contribution in [-0.4, -0.2) is 4.98 Å². The molecule has 7 aromatic carbocycles. The number of pyridine rings is 1. The lowest BCUT2D eigenvalue weighted by Gasteiger charge is -2.15. The quantitative estimate of drug-likeness (QED) is 0.217. The van der Waals surface area contributed by atoms with Gasteiger partial charge in [-0.1, -0.05) is 127 Å². The van der Waals surface area contributed by atoms with Gasteiger partial charge in [0.2, 0.25) is 0 Å². The maximum absolute atomic E-state index is 5.14. The van der Waals surface area contributed by atoms with Crippen molar-refractivity contribution in [2.75, 3.05) is 0 Å². The van der Waals surface area contributed by atoms with Crippen molar-refractivity contribution in [3.8, 4) is 33.5 Å². The molecule has 0 bridgehead atoms. The van der Waals surface area contributed by atoms with E-state index in [4.69, 9.17) is 4.98 Å². The molecule has 0 aliphatic carbocycles. The van der Waals surface area contributed by atoms with Gasteiger partial charge in [-0.3, -0.25) is 0 Å². The molecule has 0 spiro atoms. The normalized spacial score (nSPS) is 11.5. The SMILES string of the molecule is c1ccc(-c2cc(-c3cccc(-c4cc5ccccc5c5ccccc45)c3)c3c(ccc4ccccc43)n2)cc1. The molecule has 40 heavy (non-hydrogen) atoms. The van der Waals surface area contributed by atoms with Crippen LogP contribution in [0.3, 0.4) is 0 Å². The molecule has 0 fully saturated rings. The third-order valence-electron chi connectivity index (χ3n) is 8.02. The molecule has 0 N–H and O–H groups in total. The second-order valence-corrected chi connectivity index (χ2v) is 10.4. The Balaban J connectivity index is 1.42. The molecule has 0 unspecified atom stereocenters. The summed E-state index contributed by atoms with van der Waals surface area (Å²) in [7, 11) is 0. The Hall–Kier alpha value is -5.27. The Kier molecular flexibility index (Phi) is 5.21. The van der Waals surface area contributed by atoms with Gasteiger partial charge in [0, 0.05) is 10.9 Å². The monoisotopic (exact) mass is 507 g/mol. The number of hydrogen-bond donors (Lipinski definition) is 0. The highest BCUT2D eigenvalue weighted by Crippen LogP contribution is 2.40. The van der Waals surface area contributed by atoms with Crippen LogP contribution in [0.1, 0.15) is 0 Å². The molecule has 0 atom stereocenters. The van der Waals surface area contributed by atoms with Gasteiger partial charge in [-0.25, -0.2) is 4.98 Å². The van der Waals surface area contributed by atoms with Crippen molar-refractivity contribution in [2.24, 2.45) is 0 Å². The van der Waals surface area contributed by atoms with E-state index >= 15 is 0 Å². The van der Waals surface area contributed by atoms with Gasteiger partial charge in [0.25, 0.3) is 0 Å². The summed E-state index contributed by atoms with van der Waals surface area (Å²) in [6.45, 7) is 0. The highest BCUT2D eigenvalue weighted by molar-refractivity contribution is 6.15. The molecule has 0 aliphatic heterocycles. The van der Waals surface area contributed by atoms with E-state index in [1.165, 1.54) is 60.0 Å². The van der Waals surface area contributed by atoms with E-state index < -0.39 is 0 Å². The van der Waals surface area contributed by atoms with E-state index in [1.807, 2.05) is 0 Å². The van der Waals surface area contributed by atoms with Crippen LogP contribution in [0.25, 0.3) is 76.7 Å². The first-order valence-corrected chi connectivity index (χ1v) is 13.7. The van der Waals surface area contributed by atoms with Gasteiger partial charge in [0.05, 0.1) is 11.2 Å². The Bertz CT molecular complexity index is 2210. The molecule has 1 nitrogen and oxygen atoms in total. The van der Waals surface area contributed by atoms with Crippen LogP contribution in [0.4, 0.5) is 0 Å². The fourth-order valence-electron chi connectivity index (χ4n) is 6.14. The van der Waals surface area contributed by atoms with E-state index in [-0.39, 0.29) is 0 Å². The fraction of sp³-hybridized carbons (Fsp3) is 0. The molecular weight excluding hydrogens is 482 g/mol. The number of fused-ring (bicyclic) bond motifs is 6. The molecule has 0 radical (unpaired) electrons. The summed E-state index contributed by atoms with van der Waals surface area (Å²) in [6, 6.07) is 54.5. The average molecular weight is 508 g/mol. The van der Waals surface area contributed by atoms with Gasteiger partial charge in [0.15, 0.2) is 0 Å². The Morgan fingerprint density at radius 2 is 0.975 bits per heavy atom. The van der Waals surface area contributed by atoms with Crippen LogP contribution in [0.15, 0.2) is 152 Å². The third kappa shape index (κ3) is 3.67. The van der Waals surface area contributed by atoms with E-state index in [2.05, 4.69) is 152 Å². The lowest BCUT2D eigenvalue weighted by molar-refractivity contribution is 1.40. The highest BCUT2D eigenvalue weighted by atomic mass is 14.7. The second-order valence-electron chi connectivity index (χ2n) is 10.4. The summed E-state index contributed by atoms with van der Waals surface area (Å²) in [5, 5.41) is 8.75. The number of hydrogen-bond acceptors (Lipinski definition) is 1. The molecule has 0 aliphatic rings. The van der Waals surface area contributed by atoms with Crippen LogP contribution >= 0.6 is 0 Å². The maximum atomic E-state index is 5.14. The largest absolute Gasteiger partial charge is 0.248 e. The number of aromatic nitrogens is 1. The van der Waals surface area contributed by atoms with Gasteiger partial charge in [0.1, 0.15) is 0 Å². The molecule has 0 saturated carbocycles. The number of benzene rings is 7. The Labute approximate surface area is 233 Å². The van der Waals surface area contributed by atoms with Crippen molar-refractivity contribution in [1.82, 2.24) is 4.98 Å². The molecule has 1 heterocycles. The third-order valence-corrected chi connectivity index (χ3v) is 8.02. The minimum Gasteiger partial charge on any atom is -0.248 e. The average Bonchev–Trinajstić information content (AvgIpc) is 3.04. The predicted octanol–water partition coefficient (Wildman–Crippen LogP) is 10.7. The van der Waals surface area contributed by atoms with Crippen molar-refractivity contribution in [3.63, 3.8) is 0 Å². The fourth-order valence-corrected chi connectivity index (χ4v) is 6.14. The van der Waals surface area contributed by atoms with Crippen LogP contribution in [0.2, 0.25) is 0 Å². The standard InChI is InChI=1S/C39H25N/c1-2-12-27(13-3-1)38-25-36(39-32-18-7-4-11-26(32)21-22-37(39)40-38)29-16-10-15-28(23-29)35-24-30-14-5-6-17-31(30)33-19-8-9-20-34(33)35/h1-25H. The number of nitrogens with zero attached hydrogens (tertiary/aromatic N) is 1. The minimum absolute atomic E-state index is 0.986. The maximum Gasteiger partial charge on any atom is 0.0722 e. The second kappa shape index (κ2) is 9.18. The molecule has 8 aromatic rings. The zero-order valence-electron chi connectivity index (χ0n) is 21.9. The Morgan fingerprint density at radius 1 is 0.350 bits per heavy atom. The van der Waals surface area contributed by atoms with Crippen LogP contribution < -0.4 is 0 Å². The zero-order valence-corrected chi connectivity index (χ0v) is 21.9. The summed E-state index contributed by atoms with van der Waals surface area (Å²) in [4.78, 5) is 5.14. The molecule has 8 rings (SSSR count). The predicted molar refractivity (Wildman–Crippen MR) is 171 cm³/mol. The molecule has 0 saturated heterocycles. The van der Waals surface area contributed by atoms with E-state index in [0.29, 0.717) is 0 Å². The smallest absolute Gasteiger partial charge is 0.0722 e. The molecule has 1 heteroatoms. The van der Waals surface area contributed by atoms with Crippen molar-refractivity contribution in [3.05, 3.63) is 152 Å². The zero-order chi connectivity index (χ0) is 26.5. The van der Waals surface area contributed by atoms with Gasteiger partial charge >= 0.3 is 0 Å². The summed E-state index contributed by atoms with van der Waals surface area (Å²) in [6.07, 6.45) is 0. The molecular formula is C39H25N. The highest BCUT2D eigenvalue weighted by Gasteiger charge is 2.14. The van der Waals surface area contributed by atoms with Gasteiger partial charge in [-0.15, -0.1) is 0 Å². The van der Waals surface area contributed by atoms with Crippen LogP contribution in [0.5, 0.6) is 0 Å². The van der Waals surface area contributed by atoms with Gasteiger partial charge < -0.3 is 0 Å². The van der Waals surface area contributed by atoms with E-state index in [9.17, 15) is 0 Å². The first kappa shape index (κ1) is 22.7.